The van der Waals surface area contributed by atoms with Crippen molar-refractivity contribution >= 4 is 0 Å². The Morgan fingerprint density at radius 2 is 1.71 bits per heavy atom. The molecule has 21 heavy (non-hydrogen) atoms. The van der Waals surface area contributed by atoms with Crippen LogP contribution in [0.15, 0.2) is 59.0 Å². The lowest BCUT2D eigenvalue weighted by Gasteiger charge is -2.06. The second-order valence-electron chi connectivity index (χ2n) is 4.53. The first-order valence-electron chi connectivity index (χ1n) is 6.57. The van der Waals surface area contributed by atoms with Crippen LogP contribution in [0.3, 0.4) is 0 Å². The summed E-state index contributed by atoms with van der Waals surface area (Å²) in [4.78, 5) is 0. The minimum Gasteiger partial charge on any atom is -0.496 e. The Bertz CT molecular complexity index is 725. The van der Waals surface area contributed by atoms with E-state index in [2.05, 4.69) is 10.2 Å². The van der Waals surface area contributed by atoms with Gasteiger partial charge in [0.05, 0.1) is 12.7 Å². The van der Waals surface area contributed by atoms with Gasteiger partial charge in [-0.1, -0.05) is 42.5 Å². The molecule has 0 bridgehead atoms. The fourth-order valence-corrected chi connectivity index (χ4v) is 2.09. The summed E-state index contributed by atoms with van der Waals surface area (Å²) >= 11 is 0. The van der Waals surface area contributed by atoms with Crippen LogP contribution in [0.1, 0.15) is 17.5 Å². The number of para-hydroxylation sites is 1. The van der Waals surface area contributed by atoms with Gasteiger partial charge in [0.25, 0.3) is 5.89 Å². The minimum atomic E-state index is -0.442. The van der Waals surface area contributed by atoms with Crippen molar-refractivity contribution in [2.45, 2.75) is 6.04 Å². The van der Waals surface area contributed by atoms with Crippen LogP contribution in [0.25, 0.3) is 11.5 Å². The quantitative estimate of drug-likeness (QED) is 0.796. The van der Waals surface area contributed by atoms with Crippen LogP contribution in [-0.4, -0.2) is 17.3 Å². The van der Waals surface area contributed by atoms with Crippen LogP contribution in [-0.2, 0) is 0 Å². The molecule has 0 aliphatic carbocycles. The van der Waals surface area contributed by atoms with Gasteiger partial charge in [-0.3, -0.25) is 0 Å². The lowest BCUT2D eigenvalue weighted by atomic mass is 10.1. The van der Waals surface area contributed by atoms with Crippen LogP contribution in [0.4, 0.5) is 0 Å². The summed E-state index contributed by atoms with van der Waals surface area (Å²) in [6, 6.07) is 16.7. The zero-order valence-corrected chi connectivity index (χ0v) is 11.6. The molecule has 0 amide bonds. The Balaban J connectivity index is 1.93. The van der Waals surface area contributed by atoms with Crippen molar-refractivity contribution in [1.82, 2.24) is 10.2 Å². The maximum atomic E-state index is 6.15. The Kier molecular flexibility index (Phi) is 3.66. The molecule has 3 aromatic rings. The van der Waals surface area contributed by atoms with Crippen LogP contribution in [0, 0.1) is 0 Å². The number of benzene rings is 2. The monoisotopic (exact) mass is 281 g/mol. The first-order valence-corrected chi connectivity index (χ1v) is 6.57. The average Bonchev–Trinajstić information content (AvgIpc) is 3.04. The topological polar surface area (TPSA) is 74.2 Å². The molecule has 1 unspecified atom stereocenters. The van der Waals surface area contributed by atoms with Crippen molar-refractivity contribution < 1.29 is 9.15 Å². The number of aromatic nitrogens is 2. The van der Waals surface area contributed by atoms with E-state index in [1.165, 1.54) is 0 Å². The van der Waals surface area contributed by atoms with E-state index in [-0.39, 0.29) is 0 Å². The normalized spacial score (nSPS) is 12.1. The van der Waals surface area contributed by atoms with Gasteiger partial charge in [0, 0.05) is 0 Å². The highest BCUT2D eigenvalue weighted by Crippen LogP contribution is 2.29. The first-order chi connectivity index (χ1) is 10.3. The summed E-state index contributed by atoms with van der Waals surface area (Å²) in [5.74, 6) is 1.46. The molecule has 2 N–H and O–H groups in total. The molecule has 0 spiro atoms. The van der Waals surface area contributed by atoms with Gasteiger partial charge < -0.3 is 14.9 Å². The van der Waals surface area contributed by atoms with Crippen molar-refractivity contribution in [3.05, 3.63) is 66.1 Å². The van der Waals surface area contributed by atoms with Gasteiger partial charge in [-0.25, -0.2) is 0 Å². The third-order valence-electron chi connectivity index (χ3n) is 3.20. The predicted octanol–water partition coefficient (Wildman–Crippen LogP) is 2.79. The molecule has 1 atom stereocenters. The SMILES string of the molecule is COc1ccccc1-c1nnc(C(N)c2ccccc2)o1. The molecule has 3 rings (SSSR count). The van der Waals surface area contributed by atoms with Gasteiger partial charge in [-0.15, -0.1) is 10.2 Å². The summed E-state index contributed by atoms with van der Waals surface area (Å²) in [7, 11) is 1.60. The Morgan fingerprint density at radius 1 is 1.00 bits per heavy atom. The van der Waals surface area contributed by atoms with Gasteiger partial charge in [-0.05, 0) is 17.7 Å². The molecule has 5 heteroatoms. The van der Waals surface area contributed by atoms with E-state index in [1.54, 1.807) is 7.11 Å². The molecule has 1 aromatic heterocycles. The van der Waals surface area contributed by atoms with E-state index in [0.717, 1.165) is 11.1 Å². The van der Waals surface area contributed by atoms with E-state index >= 15 is 0 Å². The molecule has 2 aromatic carbocycles. The summed E-state index contributed by atoms with van der Waals surface area (Å²) in [5, 5.41) is 8.11. The molecule has 0 aliphatic heterocycles. The van der Waals surface area contributed by atoms with Crippen LogP contribution in [0.2, 0.25) is 0 Å². The number of methoxy groups -OCH3 is 1. The first kappa shape index (κ1) is 13.3. The smallest absolute Gasteiger partial charge is 0.251 e. The molecule has 106 valence electrons. The Labute approximate surface area is 122 Å². The highest BCUT2D eigenvalue weighted by molar-refractivity contribution is 5.62. The standard InChI is InChI=1S/C16H15N3O2/c1-20-13-10-6-5-9-12(13)15-18-19-16(21-15)14(17)11-7-3-2-4-8-11/h2-10,14H,17H2,1H3. The van der Waals surface area contributed by atoms with E-state index in [0.29, 0.717) is 17.5 Å². The fourth-order valence-electron chi connectivity index (χ4n) is 2.09. The predicted molar refractivity (Wildman–Crippen MR) is 78.8 cm³/mol. The molecular weight excluding hydrogens is 266 g/mol. The third kappa shape index (κ3) is 2.64. The third-order valence-corrected chi connectivity index (χ3v) is 3.20. The zero-order chi connectivity index (χ0) is 14.7. The lowest BCUT2D eigenvalue weighted by molar-refractivity contribution is 0.413. The molecule has 0 saturated heterocycles. The number of hydrogen-bond donors (Lipinski definition) is 1. The van der Waals surface area contributed by atoms with E-state index < -0.39 is 6.04 Å². The number of hydrogen-bond acceptors (Lipinski definition) is 5. The molecule has 1 heterocycles. The Hall–Kier alpha value is -2.66. The van der Waals surface area contributed by atoms with Gasteiger partial charge >= 0.3 is 0 Å². The second kappa shape index (κ2) is 5.76. The number of nitrogens with zero attached hydrogens (tertiary/aromatic N) is 2. The number of nitrogens with two attached hydrogens (primary N) is 1. The van der Waals surface area contributed by atoms with E-state index in [9.17, 15) is 0 Å². The summed E-state index contributed by atoms with van der Waals surface area (Å²) < 4.78 is 11.0. The van der Waals surface area contributed by atoms with E-state index in [4.69, 9.17) is 14.9 Å². The van der Waals surface area contributed by atoms with Crippen molar-refractivity contribution in [3.63, 3.8) is 0 Å². The summed E-state index contributed by atoms with van der Waals surface area (Å²) in [6.07, 6.45) is 0. The molecule has 0 saturated carbocycles. The molecule has 0 aliphatic rings. The van der Waals surface area contributed by atoms with Crippen LogP contribution < -0.4 is 10.5 Å². The number of ether oxygens (including phenoxy) is 1. The van der Waals surface area contributed by atoms with Gasteiger partial charge in [0.15, 0.2) is 0 Å². The minimum absolute atomic E-state index is 0.377. The van der Waals surface area contributed by atoms with Gasteiger partial charge in [-0.2, -0.15) is 0 Å². The maximum Gasteiger partial charge on any atom is 0.251 e. The lowest BCUT2D eigenvalue weighted by Crippen LogP contribution is -2.11. The summed E-state index contributed by atoms with van der Waals surface area (Å²) in [6.45, 7) is 0. The van der Waals surface area contributed by atoms with Crippen molar-refractivity contribution in [2.75, 3.05) is 7.11 Å². The molecule has 0 radical (unpaired) electrons. The largest absolute Gasteiger partial charge is 0.496 e. The highest BCUT2D eigenvalue weighted by atomic mass is 16.5. The highest BCUT2D eigenvalue weighted by Gasteiger charge is 2.18. The van der Waals surface area contributed by atoms with Crippen molar-refractivity contribution in [2.24, 2.45) is 5.73 Å². The van der Waals surface area contributed by atoms with Gasteiger partial charge in [0.2, 0.25) is 5.89 Å². The number of rotatable bonds is 4. The average molecular weight is 281 g/mol. The zero-order valence-electron chi connectivity index (χ0n) is 11.6. The van der Waals surface area contributed by atoms with Gasteiger partial charge in [0.1, 0.15) is 11.8 Å². The molecular formula is C16H15N3O2. The van der Waals surface area contributed by atoms with E-state index in [1.807, 2.05) is 54.6 Å². The summed E-state index contributed by atoms with van der Waals surface area (Å²) in [5.41, 5.74) is 7.82. The molecule has 0 fully saturated rings. The van der Waals surface area contributed by atoms with Crippen molar-refractivity contribution in [1.29, 1.82) is 0 Å². The maximum absolute atomic E-state index is 6.15. The fraction of sp³-hybridized carbons (Fsp3) is 0.125. The van der Waals surface area contributed by atoms with Crippen molar-refractivity contribution in [3.8, 4) is 17.2 Å². The Morgan fingerprint density at radius 3 is 2.48 bits per heavy atom. The van der Waals surface area contributed by atoms with Crippen LogP contribution in [0.5, 0.6) is 5.75 Å². The molecule has 5 nitrogen and oxygen atoms in total. The van der Waals surface area contributed by atoms with Crippen LogP contribution >= 0.6 is 0 Å². The second-order valence-corrected chi connectivity index (χ2v) is 4.53.